The van der Waals surface area contributed by atoms with Crippen molar-refractivity contribution in [2.24, 2.45) is 24.3 Å². The smallest absolute Gasteiger partial charge is 0.309 e. The first-order valence-electron chi connectivity index (χ1n) is 11.7. The molecule has 4 aromatic heterocycles. The van der Waals surface area contributed by atoms with Crippen LogP contribution in [-0.4, -0.2) is 48.5 Å². The number of nitrogens with zero attached hydrogens (tertiary/aromatic N) is 7. The molecule has 4 aromatic rings. The van der Waals surface area contributed by atoms with E-state index in [9.17, 15) is 15.2 Å². The van der Waals surface area contributed by atoms with Gasteiger partial charge in [-0.15, -0.1) is 0 Å². The number of hydrogen-bond donors (Lipinski definition) is 1. The van der Waals surface area contributed by atoms with Crippen molar-refractivity contribution >= 4 is 17.3 Å². The van der Waals surface area contributed by atoms with E-state index >= 15 is 0 Å². The summed E-state index contributed by atoms with van der Waals surface area (Å²) in [5.74, 6) is 0.984. The number of pyridine rings is 2. The maximum absolute atomic E-state index is 11.7. The van der Waals surface area contributed by atoms with Gasteiger partial charge in [-0.3, -0.25) is 9.48 Å². The molecule has 9 heteroatoms. The number of anilines is 1. The Morgan fingerprint density at radius 3 is 2.54 bits per heavy atom. The van der Waals surface area contributed by atoms with E-state index in [2.05, 4.69) is 21.2 Å². The Labute approximate surface area is 202 Å². The minimum atomic E-state index is -0.684. The van der Waals surface area contributed by atoms with E-state index in [1.54, 1.807) is 15.4 Å². The highest BCUT2D eigenvalue weighted by molar-refractivity contribution is 5.87. The molecule has 0 bridgehead atoms. The number of aliphatic carboxylic acids is 1. The first-order valence-corrected chi connectivity index (χ1v) is 11.7. The van der Waals surface area contributed by atoms with Crippen LogP contribution in [0, 0.1) is 28.6 Å². The van der Waals surface area contributed by atoms with Gasteiger partial charge in [-0.2, -0.15) is 15.5 Å². The van der Waals surface area contributed by atoms with Crippen LogP contribution in [0.15, 0.2) is 49.1 Å². The quantitative estimate of drug-likeness (QED) is 0.488. The molecule has 9 nitrogen and oxygen atoms in total. The zero-order chi connectivity index (χ0) is 24.3. The molecule has 35 heavy (non-hydrogen) atoms. The zero-order valence-electron chi connectivity index (χ0n) is 19.6. The van der Waals surface area contributed by atoms with Gasteiger partial charge in [0.05, 0.1) is 28.4 Å². The van der Waals surface area contributed by atoms with Gasteiger partial charge in [-0.1, -0.05) is 0 Å². The molecule has 176 valence electrons. The molecule has 1 saturated heterocycles. The van der Waals surface area contributed by atoms with E-state index < -0.39 is 11.4 Å². The molecule has 1 saturated carbocycles. The summed E-state index contributed by atoms with van der Waals surface area (Å²) in [5, 5.41) is 28.1. The molecule has 0 amide bonds. The predicted octanol–water partition coefficient (Wildman–Crippen LogP) is 3.61. The Morgan fingerprint density at radius 1 is 1.17 bits per heavy atom. The summed E-state index contributed by atoms with van der Waals surface area (Å²) < 4.78 is 3.48. The van der Waals surface area contributed by atoms with Crippen LogP contribution < -0.4 is 4.90 Å². The van der Waals surface area contributed by atoms with Crippen molar-refractivity contribution in [3.05, 3.63) is 54.6 Å². The monoisotopic (exact) mass is 467 g/mol. The Morgan fingerprint density at radius 2 is 1.94 bits per heavy atom. The van der Waals surface area contributed by atoms with E-state index in [4.69, 9.17) is 4.98 Å². The Balaban J connectivity index is 1.32. The number of carboxylic acid groups (broad SMARTS) is 1. The third kappa shape index (κ3) is 3.44. The molecule has 3 atom stereocenters. The lowest BCUT2D eigenvalue weighted by atomic mass is 9.87. The van der Waals surface area contributed by atoms with Gasteiger partial charge in [0, 0.05) is 55.4 Å². The number of aromatic nitrogens is 5. The van der Waals surface area contributed by atoms with Gasteiger partial charge >= 0.3 is 5.97 Å². The number of rotatable bonds is 4. The molecule has 1 aliphatic heterocycles. The Kier molecular flexibility index (Phi) is 4.68. The lowest BCUT2D eigenvalue weighted by Crippen LogP contribution is -2.29. The van der Waals surface area contributed by atoms with Crippen molar-refractivity contribution in [3.63, 3.8) is 0 Å². The third-order valence-corrected chi connectivity index (χ3v) is 7.64. The Bertz CT molecular complexity index is 1480. The fourth-order valence-electron chi connectivity index (χ4n) is 5.87. The SMILES string of the molecule is Cn1ccc(-c2cc(-c3ccc(N4C[C@@H]5CC(C)(C(=O)O)C[C@@H]5C4)nc3)c3c(C#N)cnn3c2)n1. The molecule has 2 fully saturated rings. The van der Waals surface area contributed by atoms with E-state index in [0.29, 0.717) is 17.4 Å². The minimum absolute atomic E-state index is 0.386. The summed E-state index contributed by atoms with van der Waals surface area (Å²) in [6.45, 7) is 3.54. The highest BCUT2D eigenvalue weighted by Crippen LogP contribution is 2.49. The highest BCUT2D eigenvalue weighted by Gasteiger charge is 2.50. The molecule has 1 N–H and O–H groups in total. The van der Waals surface area contributed by atoms with Crippen molar-refractivity contribution in [2.45, 2.75) is 19.8 Å². The Hall–Kier alpha value is -4.19. The van der Waals surface area contributed by atoms with Crippen molar-refractivity contribution < 1.29 is 9.90 Å². The summed E-state index contributed by atoms with van der Waals surface area (Å²) in [6.07, 6.45) is 8.64. The average Bonchev–Trinajstić information content (AvgIpc) is 3.61. The fourth-order valence-corrected chi connectivity index (χ4v) is 5.87. The number of carboxylic acids is 1. The van der Waals surface area contributed by atoms with Crippen molar-refractivity contribution in [2.75, 3.05) is 18.0 Å². The van der Waals surface area contributed by atoms with E-state index in [1.165, 1.54) is 0 Å². The topological polar surface area (TPSA) is 112 Å². The second-order valence-corrected chi connectivity index (χ2v) is 10.1. The maximum atomic E-state index is 11.7. The maximum Gasteiger partial charge on any atom is 0.309 e. The second-order valence-electron chi connectivity index (χ2n) is 10.1. The van der Waals surface area contributed by atoms with Crippen LogP contribution in [0.5, 0.6) is 0 Å². The van der Waals surface area contributed by atoms with Crippen LogP contribution in [-0.2, 0) is 11.8 Å². The summed E-state index contributed by atoms with van der Waals surface area (Å²) in [6, 6.07) is 10.3. The third-order valence-electron chi connectivity index (χ3n) is 7.64. The molecule has 1 aliphatic carbocycles. The van der Waals surface area contributed by atoms with Gasteiger partial charge in [0.1, 0.15) is 11.9 Å². The molecule has 0 aromatic carbocycles. The van der Waals surface area contributed by atoms with E-state index in [0.717, 1.165) is 59.7 Å². The van der Waals surface area contributed by atoms with Crippen LogP contribution in [0.4, 0.5) is 5.82 Å². The van der Waals surface area contributed by atoms with Crippen LogP contribution in [0.1, 0.15) is 25.3 Å². The van der Waals surface area contributed by atoms with Gasteiger partial charge in [0.15, 0.2) is 0 Å². The van der Waals surface area contributed by atoms with Gasteiger partial charge in [-0.05, 0) is 55.9 Å². The highest BCUT2D eigenvalue weighted by atomic mass is 16.4. The summed E-state index contributed by atoms with van der Waals surface area (Å²) in [4.78, 5) is 18.7. The molecular weight excluding hydrogens is 442 g/mol. The first kappa shape index (κ1) is 21.4. The van der Waals surface area contributed by atoms with Gasteiger partial charge < -0.3 is 10.0 Å². The van der Waals surface area contributed by atoms with E-state index in [-0.39, 0.29) is 0 Å². The minimum Gasteiger partial charge on any atom is -0.481 e. The zero-order valence-corrected chi connectivity index (χ0v) is 19.6. The molecule has 6 rings (SSSR count). The van der Waals surface area contributed by atoms with Crippen LogP contribution in [0.3, 0.4) is 0 Å². The average molecular weight is 468 g/mol. The molecule has 0 radical (unpaired) electrons. The van der Waals surface area contributed by atoms with Gasteiger partial charge in [0.25, 0.3) is 0 Å². The molecular formula is C26H25N7O2. The summed E-state index contributed by atoms with van der Waals surface area (Å²) in [5.41, 5.74) is 4.13. The van der Waals surface area contributed by atoms with Crippen LogP contribution in [0.25, 0.3) is 27.9 Å². The second kappa shape index (κ2) is 7.67. The lowest BCUT2D eigenvalue weighted by Gasteiger charge is -2.23. The summed E-state index contributed by atoms with van der Waals surface area (Å²) in [7, 11) is 1.88. The van der Waals surface area contributed by atoms with Gasteiger partial charge in [-0.25, -0.2) is 9.50 Å². The standard InChI is InChI=1S/C26H25N7O2/c1-26(25(34)35)8-18-13-32(14-19(18)9-26)23-4-3-16(11-28-23)21-7-17(22-5-6-31(2)30-22)15-33-24(21)20(10-27)12-29-33/h3-7,11-12,15,18-19H,8-9,13-14H2,1-2H3,(H,34,35)/t18-,19+,26?. The number of hydrogen-bond acceptors (Lipinski definition) is 6. The van der Waals surface area contributed by atoms with Crippen molar-refractivity contribution in [3.8, 4) is 28.5 Å². The van der Waals surface area contributed by atoms with E-state index in [1.807, 2.05) is 56.8 Å². The van der Waals surface area contributed by atoms with Gasteiger partial charge in [0.2, 0.25) is 0 Å². The van der Waals surface area contributed by atoms with Crippen LogP contribution >= 0.6 is 0 Å². The largest absolute Gasteiger partial charge is 0.481 e. The predicted molar refractivity (Wildman–Crippen MR) is 130 cm³/mol. The number of nitriles is 1. The normalized spacial score (nSPS) is 23.5. The number of fused-ring (bicyclic) bond motifs is 2. The summed E-state index contributed by atoms with van der Waals surface area (Å²) >= 11 is 0. The lowest BCUT2D eigenvalue weighted by molar-refractivity contribution is -0.147. The number of carbonyl (C=O) groups is 1. The van der Waals surface area contributed by atoms with Crippen molar-refractivity contribution in [1.82, 2.24) is 24.4 Å². The first-order chi connectivity index (χ1) is 16.8. The van der Waals surface area contributed by atoms with Crippen LogP contribution in [0.2, 0.25) is 0 Å². The molecule has 1 unspecified atom stereocenters. The molecule has 5 heterocycles. The molecule has 2 aliphatic rings. The number of aryl methyl sites for hydroxylation is 1. The van der Waals surface area contributed by atoms with Crippen molar-refractivity contribution in [1.29, 1.82) is 5.26 Å². The molecule has 0 spiro atoms. The fraction of sp³-hybridized carbons (Fsp3) is 0.346.